The summed E-state index contributed by atoms with van der Waals surface area (Å²) in [5.41, 5.74) is 1.94. The zero-order valence-corrected chi connectivity index (χ0v) is 16.6. The van der Waals surface area contributed by atoms with Crippen molar-refractivity contribution in [3.05, 3.63) is 29.8 Å². The highest BCUT2D eigenvalue weighted by molar-refractivity contribution is 5.27. The van der Waals surface area contributed by atoms with E-state index in [9.17, 15) is 0 Å². The Bertz CT molecular complexity index is 565. The molecule has 0 amide bonds. The average molecular weight is 374 g/mol. The van der Waals surface area contributed by atoms with Gasteiger partial charge in [-0.25, -0.2) is 0 Å². The first-order chi connectivity index (χ1) is 13.3. The van der Waals surface area contributed by atoms with Crippen molar-refractivity contribution >= 4 is 0 Å². The van der Waals surface area contributed by atoms with Crippen molar-refractivity contribution in [3.8, 4) is 5.75 Å². The minimum Gasteiger partial charge on any atom is -0.494 e. The summed E-state index contributed by atoms with van der Waals surface area (Å²) in [6.07, 6.45) is 5.16. The number of nitrogens with zero attached hydrogens (tertiary/aromatic N) is 2. The maximum absolute atomic E-state index is 5.94. The van der Waals surface area contributed by atoms with E-state index in [1.807, 2.05) is 0 Å². The van der Waals surface area contributed by atoms with E-state index in [0.717, 1.165) is 58.2 Å². The number of hydrogen-bond acceptors (Lipinski definition) is 5. The first-order valence-corrected chi connectivity index (χ1v) is 10.8. The first-order valence-electron chi connectivity index (χ1n) is 10.8. The van der Waals surface area contributed by atoms with Gasteiger partial charge in [0, 0.05) is 39.3 Å². The summed E-state index contributed by atoms with van der Waals surface area (Å²) >= 11 is 0. The first kappa shape index (κ1) is 19.2. The average Bonchev–Trinajstić information content (AvgIpc) is 3.15. The molecule has 27 heavy (non-hydrogen) atoms. The van der Waals surface area contributed by atoms with Gasteiger partial charge in [0.25, 0.3) is 0 Å². The molecule has 0 saturated carbocycles. The molecule has 150 valence electrons. The second-order valence-electron chi connectivity index (χ2n) is 8.54. The number of hydrogen-bond donors (Lipinski definition) is 1. The molecule has 3 heterocycles. The molecule has 0 bridgehead atoms. The van der Waals surface area contributed by atoms with Crippen molar-refractivity contribution < 1.29 is 9.47 Å². The maximum Gasteiger partial charge on any atom is 0.119 e. The lowest BCUT2D eigenvalue weighted by Crippen LogP contribution is -2.43. The molecule has 1 aromatic rings. The van der Waals surface area contributed by atoms with Crippen LogP contribution in [0.3, 0.4) is 0 Å². The quantitative estimate of drug-likeness (QED) is 0.743. The molecule has 1 atom stereocenters. The minimum atomic E-state index is 0.543. The molecule has 1 unspecified atom stereocenters. The third-order valence-electron chi connectivity index (χ3n) is 6.39. The molecule has 3 saturated heterocycles. The highest BCUT2D eigenvalue weighted by Gasteiger charge is 2.37. The summed E-state index contributed by atoms with van der Waals surface area (Å²) in [5, 5.41) is 3.57. The van der Waals surface area contributed by atoms with E-state index in [1.54, 1.807) is 0 Å². The Morgan fingerprint density at radius 3 is 2.67 bits per heavy atom. The van der Waals surface area contributed by atoms with Crippen LogP contribution in [-0.2, 0) is 11.3 Å². The number of ether oxygens (including phenoxy) is 2. The fraction of sp³-hybridized carbons (Fsp3) is 0.727. The van der Waals surface area contributed by atoms with Gasteiger partial charge in [0.05, 0.1) is 19.8 Å². The summed E-state index contributed by atoms with van der Waals surface area (Å²) in [5.74, 6) is 0.996. The lowest BCUT2D eigenvalue weighted by Gasteiger charge is -2.40. The van der Waals surface area contributed by atoms with Crippen LogP contribution in [0.15, 0.2) is 24.3 Å². The van der Waals surface area contributed by atoms with E-state index in [2.05, 4.69) is 39.4 Å². The summed E-state index contributed by atoms with van der Waals surface area (Å²) < 4.78 is 11.3. The van der Waals surface area contributed by atoms with Crippen molar-refractivity contribution in [1.29, 1.82) is 0 Å². The Morgan fingerprint density at radius 1 is 1.04 bits per heavy atom. The summed E-state index contributed by atoms with van der Waals surface area (Å²) in [6.45, 7) is 11.7. The van der Waals surface area contributed by atoms with Crippen molar-refractivity contribution in [3.63, 3.8) is 0 Å². The molecular formula is C22H35N3O2. The Hall–Kier alpha value is -1.14. The van der Waals surface area contributed by atoms with Crippen LogP contribution in [-0.4, -0.2) is 75.4 Å². The third-order valence-corrected chi connectivity index (χ3v) is 6.39. The second kappa shape index (κ2) is 9.37. The molecule has 0 aliphatic carbocycles. The number of piperidine rings is 1. The predicted octanol–water partition coefficient (Wildman–Crippen LogP) is 2.36. The zero-order chi connectivity index (χ0) is 18.4. The molecule has 3 aliphatic heterocycles. The third kappa shape index (κ3) is 5.44. The SMILES string of the molecule is c1cc(OCCCN2CCOCC2)ccc1CN1CCCC2(CCNC2)C1. The molecule has 5 nitrogen and oxygen atoms in total. The van der Waals surface area contributed by atoms with Gasteiger partial charge in [-0.3, -0.25) is 9.80 Å². The number of rotatable bonds is 7. The van der Waals surface area contributed by atoms with Crippen molar-refractivity contribution in [1.82, 2.24) is 15.1 Å². The molecule has 1 N–H and O–H groups in total. The van der Waals surface area contributed by atoms with E-state index in [-0.39, 0.29) is 0 Å². The van der Waals surface area contributed by atoms with Gasteiger partial charge in [-0.05, 0) is 61.9 Å². The molecule has 4 rings (SSSR count). The Balaban J connectivity index is 1.18. The molecule has 0 aromatic heterocycles. The van der Waals surface area contributed by atoms with Gasteiger partial charge in [0.1, 0.15) is 5.75 Å². The second-order valence-corrected chi connectivity index (χ2v) is 8.54. The van der Waals surface area contributed by atoms with Crippen molar-refractivity contribution in [2.75, 3.05) is 65.6 Å². The lowest BCUT2D eigenvalue weighted by atomic mass is 9.79. The molecular weight excluding hydrogens is 338 g/mol. The minimum absolute atomic E-state index is 0.543. The summed E-state index contributed by atoms with van der Waals surface area (Å²) in [7, 11) is 0. The van der Waals surface area contributed by atoms with Gasteiger partial charge in [-0.2, -0.15) is 0 Å². The molecule has 3 aliphatic rings. The summed E-state index contributed by atoms with van der Waals surface area (Å²) in [6, 6.07) is 8.76. The predicted molar refractivity (Wildman–Crippen MR) is 108 cm³/mol. The van der Waals surface area contributed by atoms with Crippen molar-refractivity contribution in [2.24, 2.45) is 5.41 Å². The maximum atomic E-state index is 5.94. The van der Waals surface area contributed by atoms with E-state index in [0.29, 0.717) is 5.41 Å². The fourth-order valence-electron chi connectivity index (χ4n) is 4.84. The summed E-state index contributed by atoms with van der Waals surface area (Å²) in [4.78, 5) is 5.11. The van der Waals surface area contributed by atoms with Crippen LogP contribution in [0.5, 0.6) is 5.75 Å². The van der Waals surface area contributed by atoms with Crippen LogP contribution in [0.2, 0.25) is 0 Å². The highest BCUT2D eigenvalue weighted by Crippen LogP contribution is 2.36. The molecule has 0 radical (unpaired) electrons. The normalized spacial score (nSPS) is 27.3. The number of morpholine rings is 1. The smallest absolute Gasteiger partial charge is 0.119 e. The number of benzene rings is 1. The van der Waals surface area contributed by atoms with Gasteiger partial charge < -0.3 is 14.8 Å². The highest BCUT2D eigenvalue weighted by atomic mass is 16.5. The topological polar surface area (TPSA) is 37.0 Å². The zero-order valence-electron chi connectivity index (χ0n) is 16.6. The Kier molecular flexibility index (Phi) is 6.66. The standard InChI is InChI=1S/C22H35N3O2/c1-7-22(8-9-23-18-22)19-25(10-1)17-20-3-5-21(6-4-20)27-14-2-11-24-12-15-26-16-13-24/h3-6,23H,1-2,7-19H2. The van der Waals surface area contributed by atoms with E-state index in [4.69, 9.17) is 9.47 Å². The number of likely N-dealkylation sites (tertiary alicyclic amines) is 1. The van der Waals surface area contributed by atoms with Gasteiger partial charge in [-0.1, -0.05) is 12.1 Å². The number of nitrogens with one attached hydrogen (secondary N) is 1. The molecule has 1 spiro atoms. The molecule has 3 fully saturated rings. The lowest BCUT2D eigenvalue weighted by molar-refractivity contribution is 0.0358. The van der Waals surface area contributed by atoms with Crippen LogP contribution in [0, 0.1) is 5.41 Å². The Morgan fingerprint density at radius 2 is 1.89 bits per heavy atom. The van der Waals surface area contributed by atoms with E-state index < -0.39 is 0 Å². The van der Waals surface area contributed by atoms with Crippen LogP contribution >= 0.6 is 0 Å². The molecule has 1 aromatic carbocycles. The van der Waals surface area contributed by atoms with E-state index >= 15 is 0 Å². The Labute approximate surface area is 164 Å². The monoisotopic (exact) mass is 373 g/mol. The van der Waals surface area contributed by atoms with Crippen LogP contribution in [0.1, 0.15) is 31.2 Å². The van der Waals surface area contributed by atoms with Crippen LogP contribution in [0.25, 0.3) is 0 Å². The largest absolute Gasteiger partial charge is 0.494 e. The van der Waals surface area contributed by atoms with Gasteiger partial charge in [-0.15, -0.1) is 0 Å². The van der Waals surface area contributed by atoms with Gasteiger partial charge >= 0.3 is 0 Å². The van der Waals surface area contributed by atoms with E-state index in [1.165, 1.54) is 51.0 Å². The van der Waals surface area contributed by atoms with Gasteiger partial charge in [0.2, 0.25) is 0 Å². The van der Waals surface area contributed by atoms with Crippen LogP contribution in [0.4, 0.5) is 0 Å². The van der Waals surface area contributed by atoms with Gasteiger partial charge in [0.15, 0.2) is 0 Å². The molecule has 5 heteroatoms. The van der Waals surface area contributed by atoms with Crippen LogP contribution < -0.4 is 10.1 Å². The fourth-order valence-corrected chi connectivity index (χ4v) is 4.84. The van der Waals surface area contributed by atoms with Crippen molar-refractivity contribution in [2.45, 2.75) is 32.2 Å².